The maximum absolute atomic E-state index is 13.2. The van der Waals surface area contributed by atoms with Crippen LogP contribution in [0.25, 0.3) is 11.0 Å². The van der Waals surface area contributed by atoms with Crippen molar-refractivity contribution in [2.75, 3.05) is 18.9 Å². The number of nitrogens with one attached hydrogen (secondary N) is 1. The molecule has 0 aliphatic carbocycles. The first-order valence-electron chi connectivity index (χ1n) is 10.1. The molecule has 0 saturated carbocycles. The van der Waals surface area contributed by atoms with Crippen molar-refractivity contribution in [3.05, 3.63) is 40.0 Å². The fourth-order valence-corrected chi connectivity index (χ4v) is 6.71. The van der Waals surface area contributed by atoms with E-state index < -0.39 is 22.0 Å². The van der Waals surface area contributed by atoms with Crippen LogP contribution in [0.4, 0.5) is 5.69 Å². The third-order valence-corrected chi connectivity index (χ3v) is 8.65. The van der Waals surface area contributed by atoms with Gasteiger partial charge < -0.3 is 14.0 Å². The van der Waals surface area contributed by atoms with E-state index in [4.69, 9.17) is 9.47 Å². The maximum Gasteiger partial charge on any atom is 0.348 e. The normalized spacial score (nSPS) is 14.0. The van der Waals surface area contributed by atoms with Crippen molar-refractivity contribution in [3.63, 3.8) is 0 Å². The quantitative estimate of drug-likeness (QED) is 0.559. The molecule has 170 valence electrons. The molecule has 1 aliphatic rings. The van der Waals surface area contributed by atoms with Crippen molar-refractivity contribution in [2.24, 2.45) is 0 Å². The number of hydrogen-bond acceptors (Lipinski definition) is 8. The van der Waals surface area contributed by atoms with Crippen LogP contribution in [0.15, 0.2) is 22.4 Å². The number of methoxy groups -OCH3 is 2. The molecule has 0 atom stereocenters. The number of esters is 2. The van der Waals surface area contributed by atoms with Crippen LogP contribution < -0.4 is 4.72 Å². The Balaban J connectivity index is 1.74. The molecule has 9 nitrogen and oxygen atoms in total. The first-order chi connectivity index (χ1) is 15.3. The van der Waals surface area contributed by atoms with Crippen molar-refractivity contribution < 1.29 is 27.5 Å². The zero-order chi connectivity index (χ0) is 23.0. The number of nitrogens with zero attached hydrogens (tertiary/aromatic N) is 2. The van der Waals surface area contributed by atoms with E-state index in [2.05, 4.69) is 14.3 Å². The summed E-state index contributed by atoms with van der Waals surface area (Å²) < 4.78 is 40.3. The van der Waals surface area contributed by atoms with E-state index in [0.717, 1.165) is 44.3 Å². The first-order valence-corrected chi connectivity index (χ1v) is 12.4. The summed E-state index contributed by atoms with van der Waals surface area (Å²) in [6.45, 7) is 2.38. The van der Waals surface area contributed by atoms with Crippen LogP contribution in [-0.4, -0.2) is 44.1 Å². The number of aryl methyl sites for hydroxylation is 2. The van der Waals surface area contributed by atoms with E-state index in [1.807, 2.05) is 6.07 Å². The van der Waals surface area contributed by atoms with Crippen LogP contribution in [0.3, 0.4) is 0 Å². The van der Waals surface area contributed by atoms with Crippen LogP contribution in [-0.2, 0) is 32.5 Å². The molecule has 2 aromatic heterocycles. The number of ether oxygens (including phenoxy) is 2. The van der Waals surface area contributed by atoms with Gasteiger partial charge in [-0.2, -0.15) is 0 Å². The van der Waals surface area contributed by atoms with E-state index in [9.17, 15) is 18.0 Å². The average Bonchev–Trinajstić information content (AvgIpc) is 3.20. The third kappa shape index (κ3) is 3.86. The third-order valence-electron chi connectivity index (χ3n) is 5.48. The molecular weight excluding hydrogens is 454 g/mol. The lowest BCUT2D eigenvalue weighted by Gasteiger charge is -2.09. The minimum absolute atomic E-state index is 0.0292. The monoisotopic (exact) mass is 477 g/mol. The van der Waals surface area contributed by atoms with E-state index in [0.29, 0.717) is 22.5 Å². The number of thiophene rings is 1. The largest absolute Gasteiger partial charge is 0.465 e. The molecule has 0 amide bonds. The van der Waals surface area contributed by atoms with Gasteiger partial charge in [0.25, 0.3) is 10.0 Å². The molecule has 0 saturated heterocycles. The summed E-state index contributed by atoms with van der Waals surface area (Å²) in [5, 5.41) is 0. The number of anilines is 1. The maximum atomic E-state index is 13.2. The Morgan fingerprint density at radius 2 is 1.88 bits per heavy atom. The lowest BCUT2D eigenvalue weighted by atomic mass is 10.2. The summed E-state index contributed by atoms with van der Waals surface area (Å²) in [5.74, 6) is -0.565. The van der Waals surface area contributed by atoms with Crippen LogP contribution >= 0.6 is 11.3 Å². The highest BCUT2D eigenvalue weighted by atomic mass is 32.2. The van der Waals surface area contributed by atoms with Crippen LogP contribution in [0, 0.1) is 6.92 Å². The Hall–Kier alpha value is -2.92. The predicted molar refractivity (Wildman–Crippen MR) is 120 cm³/mol. The zero-order valence-corrected chi connectivity index (χ0v) is 19.6. The smallest absolute Gasteiger partial charge is 0.348 e. The molecule has 4 rings (SSSR count). The number of rotatable bonds is 5. The van der Waals surface area contributed by atoms with Gasteiger partial charge in [0.15, 0.2) is 4.21 Å². The minimum Gasteiger partial charge on any atom is -0.465 e. The lowest BCUT2D eigenvalue weighted by molar-refractivity contribution is 0.0596. The van der Waals surface area contributed by atoms with Crippen LogP contribution in [0.1, 0.15) is 50.7 Å². The van der Waals surface area contributed by atoms with Crippen LogP contribution in [0.5, 0.6) is 0 Å². The standard InChI is InChI=1S/C21H23N3O6S2/c1-12-17(19(25)29-2)21(31-18(12)20(26)30-3)32(27,28)23-13-8-9-15-14(11-13)22-16-7-5-4-6-10-24(15)16/h8-9,11,23H,4-7,10H2,1-3H3. The molecule has 1 N–H and O–H groups in total. The fourth-order valence-electron chi connectivity index (χ4n) is 3.92. The number of benzene rings is 1. The summed E-state index contributed by atoms with van der Waals surface area (Å²) in [7, 11) is -1.86. The number of fused-ring (bicyclic) bond motifs is 3. The summed E-state index contributed by atoms with van der Waals surface area (Å²) in [6, 6.07) is 5.18. The van der Waals surface area contributed by atoms with E-state index in [-0.39, 0.29) is 20.2 Å². The van der Waals surface area contributed by atoms with E-state index >= 15 is 0 Å². The SMILES string of the molecule is COC(=O)c1sc(S(=O)(=O)Nc2ccc3c(c2)nc2n3CCCCC2)c(C(=O)OC)c1C. The summed E-state index contributed by atoms with van der Waals surface area (Å²) >= 11 is 0.671. The second kappa shape index (κ2) is 8.55. The molecule has 32 heavy (non-hydrogen) atoms. The Kier molecular flexibility index (Phi) is 5.95. The van der Waals surface area contributed by atoms with Crippen molar-refractivity contribution in [2.45, 2.75) is 43.4 Å². The van der Waals surface area contributed by atoms with Gasteiger partial charge in [0.2, 0.25) is 0 Å². The topological polar surface area (TPSA) is 117 Å². The van der Waals surface area contributed by atoms with Crippen molar-refractivity contribution in [3.8, 4) is 0 Å². The first kappa shape index (κ1) is 22.3. The molecule has 3 heterocycles. The van der Waals surface area contributed by atoms with Gasteiger partial charge in [0, 0.05) is 13.0 Å². The van der Waals surface area contributed by atoms with Crippen LogP contribution in [0.2, 0.25) is 0 Å². The van der Waals surface area contributed by atoms with Gasteiger partial charge in [0.05, 0.1) is 36.5 Å². The molecule has 0 spiro atoms. The Morgan fingerprint density at radius 1 is 1.12 bits per heavy atom. The molecule has 0 unspecified atom stereocenters. The molecule has 0 radical (unpaired) electrons. The number of carbonyl (C=O) groups excluding carboxylic acids is 2. The average molecular weight is 478 g/mol. The van der Waals surface area contributed by atoms with E-state index in [1.165, 1.54) is 20.5 Å². The Morgan fingerprint density at radius 3 is 2.59 bits per heavy atom. The molecule has 3 aromatic rings. The lowest BCUT2D eigenvalue weighted by Crippen LogP contribution is -2.16. The molecule has 1 aromatic carbocycles. The fraction of sp³-hybridized carbons (Fsp3) is 0.381. The second-order valence-electron chi connectivity index (χ2n) is 7.50. The Labute approximate surface area is 189 Å². The number of carbonyl (C=O) groups is 2. The number of hydrogen-bond donors (Lipinski definition) is 1. The zero-order valence-electron chi connectivity index (χ0n) is 17.9. The van der Waals surface area contributed by atoms with Crippen molar-refractivity contribution >= 4 is 50.0 Å². The highest BCUT2D eigenvalue weighted by Gasteiger charge is 2.33. The molecule has 0 fully saturated rings. The van der Waals surface area contributed by atoms with Crippen molar-refractivity contribution in [1.82, 2.24) is 9.55 Å². The molecule has 11 heteroatoms. The molecular formula is C21H23N3O6S2. The van der Waals surface area contributed by atoms with Gasteiger partial charge in [-0.05, 0) is 43.5 Å². The van der Waals surface area contributed by atoms with Gasteiger partial charge in [-0.15, -0.1) is 11.3 Å². The molecule has 1 aliphatic heterocycles. The number of sulfonamides is 1. The minimum atomic E-state index is -4.19. The van der Waals surface area contributed by atoms with E-state index in [1.54, 1.807) is 12.1 Å². The number of aromatic nitrogens is 2. The summed E-state index contributed by atoms with van der Waals surface area (Å²) in [6.07, 6.45) is 4.23. The van der Waals surface area contributed by atoms with Gasteiger partial charge in [0.1, 0.15) is 10.7 Å². The summed E-state index contributed by atoms with van der Waals surface area (Å²) in [4.78, 5) is 29.1. The highest BCUT2D eigenvalue weighted by molar-refractivity contribution is 7.94. The van der Waals surface area contributed by atoms with Gasteiger partial charge in [-0.1, -0.05) is 6.42 Å². The molecule has 0 bridgehead atoms. The number of imidazole rings is 1. The second-order valence-corrected chi connectivity index (χ2v) is 10.4. The van der Waals surface area contributed by atoms with Gasteiger partial charge >= 0.3 is 11.9 Å². The Bertz CT molecular complexity index is 1320. The summed E-state index contributed by atoms with van der Waals surface area (Å²) in [5.41, 5.74) is 1.99. The van der Waals surface area contributed by atoms with Gasteiger partial charge in [-0.25, -0.2) is 23.0 Å². The highest BCUT2D eigenvalue weighted by Crippen LogP contribution is 2.35. The predicted octanol–water partition coefficient (Wildman–Crippen LogP) is 3.51. The van der Waals surface area contributed by atoms with Crippen molar-refractivity contribution in [1.29, 1.82) is 0 Å². The van der Waals surface area contributed by atoms with Gasteiger partial charge in [-0.3, -0.25) is 4.72 Å².